The van der Waals surface area contributed by atoms with E-state index in [2.05, 4.69) is 25.5 Å². The predicted molar refractivity (Wildman–Crippen MR) is 56.8 cm³/mol. The maximum atomic E-state index is 11.6. The van der Waals surface area contributed by atoms with Gasteiger partial charge < -0.3 is 5.32 Å². The van der Waals surface area contributed by atoms with Crippen LogP contribution in [0.5, 0.6) is 0 Å². The molecule has 0 aliphatic heterocycles. The summed E-state index contributed by atoms with van der Waals surface area (Å²) in [6.45, 7) is 0.354. The minimum absolute atomic E-state index is 0.187. The van der Waals surface area contributed by atoms with E-state index in [-0.39, 0.29) is 16.8 Å². The summed E-state index contributed by atoms with van der Waals surface area (Å²) < 4.78 is 0. The average Bonchev–Trinajstić information content (AvgIpc) is 2.78. The van der Waals surface area contributed by atoms with Crippen LogP contribution >= 0.6 is 11.6 Å². The summed E-state index contributed by atoms with van der Waals surface area (Å²) in [6, 6.07) is 1.77. The van der Waals surface area contributed by atoms with Gasteiger partial charge in [-0.1, -0.05) is 11.6 Å². The largest absolute Gasteiger partial charge is 0.345 e. The second-order valence-corrected chi connectivity index (χ2v) is 3.38. The van der Waals surface area contributed by atoms with Gasteiger partial charge in [-0.05, 0) is 6.07 Å². The fourth-order valence-electron chi connectivity index (χ4n) is 1.10. The number of nitrogens with zero attached hydrogens (tertiary/aromatic N) is 3. The van der Waals surface area contributed by atoms with Gasteiger partial charge in [-0.15, -0.1) is 0 Å². The lowest BCUT2D eigenvalue weighted by atomic mass is 10.4. The Morgan fingerprint density at radius 2 is 2.38 bits per heavy atom. The van der Waals surface area contributed by atoms with Gasteiger partial charge in [0.15, 0.2) is 0 Å². The number of nitrogens with one attached hydrogen (secondary N) is 2. The molecule has 0 saturated carbocycles. The standard InChI is InChI=1S/C9H8ClN5O/c10-8-5-11-4-7(14-8)9(16)12-3-6-1-2-13-15-6/h1-2,4-5H,3H2,(H,12,16)(H,13,15). The minimum Gasteiger partial charge on any atom is -0.345 e. The number of aromatic nitrogens is 4. The lowest BCUT2D eigenvalue weighted by Gasteiger charge is -2.02. The summed E-state index contributed by atoms with van der Waals surface area (Å²) in [4.78, 5) is 19.2. The van der Waals surface area contributed by atoms with E-state index in [9.17, 15) is 4.79 Å². The first kappa shape index (κ1) is 10.6. The monoisotopic (exact) mass is 237 g/mol. The Bertz CT molecular complexity index is 484. The van der Waals surface area contributed by atoms with Crippen molar-refractivity contribution in [1.82, 2.24) is 25.5 Å². The van der Waals surface area contributed by atoms with E-state index in [4.69, 9.17) is 11.6 Å². The van der Waals surface area contributed by atoms with Gasteiger partial charge in [-0.3, -0.25) is 14.9 Å². The van der Waals surface area contributed by atoms with E-state index in [0.717, 1.165) is 5.69 Å². The maximum absolute atomic E-state index is 11.6. The molecule has 6 nitrogen and oxygen atoms in total. The molecule has 2 N–H and O–H groups in total. The average molecular weight is 238 g/mol. The second kappa shape index (κ2) is 4.71. The Labute approximate surface area is 96.1 Å². The van der Waals surface area contributed by atoms with Crippen LogP contribution in [-0.4, -0.2) is 26.1 Å². The number of hydrogen-bond donors (Lipinski definition) is 2. The van der Waals surface area contributed by atoms with Crippen LogP contribution in [0.2, 0.25) is 5.15 Å². The van der Waals surface area contributed by atoms with E-state index < -0.39 is 0 Å². The van der Waals surface area contributed by atoms with Gasteiger partial charge >= 0.3 is 0 Å². The zero-order chi connectivity index (χ0) is 11.4. The molecule has 0 aromatic carbocycles. The van der Waals surface area contributed by atoms with Crippen LogP contribution in [-0.2, 0) is 6.54 Å². The number of carbonyl (C=O) groups is 1. The number of hydrogen-bond acceptors (Lipinski definition) is 4. The first-order valence-electron chi connectivity index (χ1n) is 4.49. The van der Waals surface area contributed by atoms with Crippen molar-refractivity contribution >= 4 is 17.5 Å². The molecule has 0 saturated heterocycles. The summed E-state index contributed by atoms with van der Waals surface area (Å²) >= 11 is 5.62. The van der Waals surface area contributed by atoms with Gasteiger partial charge in [0.25, 0.3) is 5.91 Å². The number of carbonyl (C=O) groups excluding carboxylic acids is 1. The third kappa shape index (κ3) is 2.54. The van der Waals surface area contributed by atoms with Crippen molar-refractivity contribution in [3.05, 3.63) is 41.2 Å². The highest BCUT2D eigenvalue weighted by atomic mass is 35.5. The van der Waals surface area contributed by atoms with Crippen molar-refractivity contribution in [2.75, 3.05) is 0 Å². The second-order valence-electron chi connectivity index (χ2n) is 2.99. The fourth-order valence-corrected chi connectivity index (χ4v) is 1.25. The molecule has 16 heavy (non-hydrogen) atoms. The topological polar surface area (TPSA) is 83.6 Å². The molecule has 0 spiro atoms. The number of aromatic amines is 1. The molecule has 0 aliphatic carbocycles. The van der Waals surface area contributed by atoms with Crippen LogP contribution in [0.1, 0.15) is 16.2 Å². The molecular formula is C9H8ClN5O. The predicted octanol–water partition coefficient (Wildman–Crippen LogP) is 0.783. The van der Waals surface area contributed by atoms with Crippen molar-refractivity contribution in [3.8, 4) is 0 Å². The summed E-state index contributed by atoms with van der Waals surface area (Å²) in [5, 5.41) is 9.34. The van der Waals surface area contributed by atoms with Gasteiger partial charge in [-0.2, -0.15) is 5.10 Å². The number of halogens is 1. The van der Waals surface area contributed by atoms with Gasteiger partial charge in [-0.25, -0.2) is 4.98 Å². The van der Waals surface area contributed by atoms with Crippen molar-refractivity contribution in [1.29, 1.82) is 0 Å². The molecule has 2 aromatic heterocycles. The third-order valence-corrected chi connectivity index (χ3v) is 2.02. The highest BCUT2D eigenvalue weighted by Gasteiger charge is 2.07. The Kier molecular flexibility index (Phi) is 3.11. The van der Waals surface area contributed by atoms with Gasteiger partial charge in [0.05, 0.1) is 24.6 Å². The van der Waals surface area contributed by atoms with Crippen LogP contribution < -0.4 is 5.32 Å². The van der Waals surface area contributed by atoms with Crippen molar-refractivity contribution < 1.29 is 4.79 Å². The Morgan fingerprint density at radius 1 is 1.50 bits per heavy atom. The van der Waals surface area contributed by atoms with Crippen molar-refractivity contribution in [2.24, 2.45) is 0 Å². The van der Waals surface area contributed by atoms with Crippen LogP contribution in [0.25, 0.3) is 0 Å². The van der Waals surface area contributed by atoms with E-state index in [1.165, 1.54) is 12.4 Å². The van der Waals surface area contributed by atoms with Gasteiger partial charge in [0.2, 0.25) is 0 Å². The molecule has 0 unspecified atom stereocenters. The van der Waals surface area contributed by atoms with E-state index in [0.29, 0.717) is 6.54 Å². The molecule has 0 radical (unpaired) electrons. The van der Waals surface area contributed by atoms with Crippen LogP contribution in [0.4, 0.5) is 0 Å². The van der Waals surface area contributed by atoms with E-state index in [1.807, 2.05) is 0 Å². The Balaban J connectivity index is 1.98. The molecule has 0 fully saturated rings. The lowest BCUT2D eigenvalue weighted by Crippen LogP contribution is -2.24. The molecule has 2 aromatic rings. The van der Waals surface area contributed by atoms with Crippen molar-refractivity contribution in [2.45, 2.75) is 6.54 Å². The molecule has 82 valence electrons. The Hall–Kier alpha value is -1.95. The number of H-pyrrole nitrogens is 1. The highest BCUT2D eigenvalue weighted by Crippen LogP contribution is 2.02. The number of rotatable bonds is 3. The highest BCUT2D eigenvalue weighted by molar-refractivity contribution is 6.29. The minimum atomic E-state index is -0.329. The van der Waals surface area contributed by atoms with Crippen molar-refractivity contribution in [3.63, 3.8) is 0 Å². The van der Waals surface area contributed by atoms with Crippen LogP contribution in [0.15, 0.2) is 24.7 Å². The molecule has 7 heteroatoms. The zero-order valence-electron chi connectivity index (χ0n) is 8.14. The zero-order valence-corrected chi connectivity index (χ0v) is 8.90. The maximum Gasteiger partial charge on any atom is 0.271 e. The summed E-state index contributed by atoms with van der Waals surface area (Å²) in [5.41, 5.74) is 0.996. The third-order valence-electron chi connectivity index (χ3n) is 1.84. The molecule has 1 amide bonds. The SMILES string of the molecule is O=C(NCc1ccn[nH]1)c1cncc(Cl)n1. The molecule has 0 aliphatic rings. The first-order valence-corrected chi connectivity index (χ1v) is 4.87. The molecule has 2 heterocycles. The normalized spacial score (nSPS) is 10.1. The summed E-state index contributed by atoms with van der Waals surface area (Å²) in [7, 11) is 0. The number of amides is 1. The summed E-state index contributed by atoms with van der Waals surface area (Å²) in [6.07, 6.45) is 4.34. The molecular weight excluding hydrogens is 230 g/mol. The fraction of sp³-hybridized carbons (Fsp3) is 0.111. The molecule has 0 atom stereocenters. The van der Waals surface area contributed by atoms with Crippen LogP contribution in [0, 0.1) is 0 Å². The first-order chi connectivity index (χ1) is 7.75. The van der Waals surface area contributed by atoms with E-state index in [1.54, 1.807) is 12.3 Å². The molecule has 0 bridgehead atoms. The lowest BCUT2D eigenvalue weighted by molar-refractivity contribution is 0.0945. The van der Waals surface area contributed by atoms with Gasteiger partial charge in [0, 0.05) is 6.20 Å². The quantitative estimate of drug-likeness (QED) is 0.827. The Morgan fingerprint density at radius 3 is 3.06 bits per heavy atom. The smallest absolute Gasteiger partial charge is 0.271 e. The van der Waals surface area contributed by atoms with Gasteiger partial charge in [0.1, 0.15) is 10.8 Å². The van der Waals surface area contributed by atoms with Crippen LogP contribution in [0.3, 0.4) is 0 Å². The molecule has 2 rings (SSSR count). The van der Waals surface area contributed by atoms with E-state index >= 15 is 0 Å². The summed E-state index contributed by atoms with van der Waals surface area (Å²) in [5.74, 6) is -0.329.